The lowest BCUT2D eigenvalue weighted by Gasteiger charge is -2.32. The highest BCUT2D eigenvalue weighted by molar-refractivity contribution is 5.92. The Labute approximate surface area is 114 Å². The molecule has 1 aromatic rings. The molecule has 0 aliphatic carbocycles. The molecule has 2 heterocycles. The minimum atomic E-state index is -0.0197. The van der Waals surface area contributed by atoms with Crippen molar-refractivity contribution >= 4 is 5.91 Å². The van der Waals surface area contributed by atoms with Gasteiger partial charge in [-0.1, -0.05) is 0 Å². The van der Waals surface area contributed by atoms with E-state index < -0.39 is 0 Å². The van der Waals surface area contributed by atoms with Crippen molar-refractivity contribution in [2.75, 3.05) is 19.6 Å². The molecule has 1 aromatic heterocycles. The Hall–Kier alpha value is -1.49. The first-order chi connectivity index (χ1) is 9.18. The largest absolute Gasteiger partial charge is 0.335 e. The smallest absolute Gasteiger partial charge is 0.274 e. The Kier molecular flexibility index (Phi) is 4.85. The third kappa shape index (κ3) is 3.73. The van der Waals surface area contributed by atoms with Crippen LogP contribution in [0.4, 0.5) is 0 Å². The number of rotatable bonds is 4. The summed E-state index contributed by atoms with van der Waals surface area (Å²) in [4.78, 5) is 22.4. The molecule has 5 nitrogen and oxygen atoms in total. The minimum absolute atomic E-state index is 0.0197. The van der Waals surface area contributed by atoms with Crippen LogP contribution in [0.5, 0.6) is 0 Å². The molecule has 0 aromatic carbocycles. The zero-order chi connectivity index (χ0) is 13.7. The molecule has 1 fully saturated rings. The Morgan fingerprint density at radius 2 is 2.37 bits per heavy atom. The van der Waals surface area contributed by atoms with Crippen LogP contribution >= 0.6 is 0 Å². The van der Waals surface area contributed by atoms with Crippen molar-refractivity contribution in [1.82, 2.24) is 20.2 Å². The van der Waals surface area contributed by atoms with Gasteiger partial charge in [-0.25, -0.2) is 4.98 Å². The summed E-state index contributed by atoms with van der Waals surface area (Å²) in [5.74, 6) is 0.519. The van der Waals surface area contributed by atoms with Crippen LogP contribution in [-0.2, 0) is 0 Å². The molecule has 1 atom stereocenters. The number of carbonyl (C=O) groups is 1. The summed E-state index contributed by atoms with van der Waals surface area (Å²) in [6.45, 7) is 6.97. The van der Waals surface area contributed by atoms with E-state index in [2.05, 4.69) is 15.3 Å². The molecule has 104 valence electrons. The van der Waals surface area contributed by atoms with Crippen molar-refractivity contribution in [2.45, 2.75) is 32.7 Å². The van der Waals surface area contributed by atoms with E-state index in [1.807, 2.05) is 18.7 Å². The van der Waals surface area contributed by atoms with Gasteiger partial charge >= 0.3 is 0 Å². The van der Waals surface area contributed by atoms with Crippen LogP contribution in [0.25, 0.3) is 0 Å². The fraction of sp³-hybridized carbons (Fsp3) is 0.643. The van der Waals surface area contributed by atoms with Crippen LogP contribution in [0, 0.1) is 5.92 Å². The van der Waals surface area contributed by atoms with Crippen LogP contribution in [0.2, 0.25) is 0 Å². The van der Waals surface area contributed by atoms with Gasteiger partial charge in [-0.15, -0.1) is 0 Å². The van der Waals surface area contributed by atoms with E-state index in [4.69, 9.17) is 0 Å². The zero-order valence-electron chi connectivity index (χ0n) is 11.7. The SMILES string of the molecule is CC(C)N(CC1CCCNC1)C(=O)c1cnccn1. The van der Waals surface area contributed by atoms with Gasteiger partial charge in [0, 0.05) is 25.0 Å². The first-order valence-corrected chi connectivity index (χ1v) is 6.96. The standard InChI is InChI=1S/C14H22N4O/c1-11(2)18(10-12-4-3-5-15-8-12)14(19)13-9-16-6-7-17-13/h6-7,9,11-12,15H,3-5,8,10H2,1-2H3. The maximum Gasteiger partial charge on any atom is 0.274 e. The summed E-state index contributed by atoms with van der Waals surface area (Å²) in [6.07, 6.45) is 7.06. The van der Waals surface area contributed by atoms with Gasteiger partial charge < -0.3 is 10.2 Å². The number of nitrogens with one attached hydrogen (secondary N) is 1. The molecular weight excluding hydrogens is 240 g/mol. The topological polar surface area (TPSA) is 58.1 Å². The molecule has 1 aliphatic rings. The third-order valence-corrected chi connectivity index (χ3v) is 3.52. The predicted molar refractivity (Wildman–Crippen MR) is 73.8 cm³/mol. The molecule has 1 N–H and O–H groups in total. The molecule has 1 amide bonds. The average Bonchev–Trinajstić information content (AvgIpc) is 2.46. The maximum absolute atomic E-state index is 12.5. The third-order valence-electron chi connectivity index (χ3n) is 3.52. The van der Waals surface area contributed by atoms with Gasteiger partial charge in [0.1, 0.15) is 5.69 Å². The molecule has 0 spiro atoms. The van der Waals surface area contributed by atoms with Gasteiger partial charge in [0.2, 0.25) is 0 Å². The number of hydrogen-bond donors (Lipinski definition) is 1. The van der Waals surface area contributed by atoms with Crippen LogP contribution < -0.4 is 5.32 Å². The Balaban J connectivity index is 2.05. The summed E-state index contributed by atoms with van der Waals surface area (Å²) in [6, 6.07) is 0.177. The van der Waals surface area contributed by atoms with E-state index in [9.17, 15) is 4.79 Å². The number of hydrogen-bond acceptors (Lipinski definition) is 4. The lowest BCUT2D eigenvalue weighted by atomic mass is 9.98. The average molecular weight is 262 g/mol. The zero-order valence-corrected chi connectivity index (χ0v) is 11.7. The molecule has 5 heteroatoms. The summed E-state index contributed by atoms with van der Waals surface area (Å²) in [5.41, 5.74) is 0.431. The number of carbonyl (C=O) groups excluding carboxylic acids is 1. The molecule has 2 rings (SSSR count). The Morgan fingerprint density at radius 1 is 1.53 bits per heavy atom. The van der Waals surface area contributed by atoms with Crippen molar-refractivity contribution in [2.24, 2.45) is 5.92 Å². The monoisotopic (exact) mass is 262 g/mol. The van der Waals surface area contributed by atoms with Crippen molar-refractivity contribution in [1.29, 1.82) is 0 Å². The molecule has 0 bridgehead atoms. The highest BCUT2D eigenvalue weighted by atomic mass is 16.2. The lowest BCUT2D eigenvalue weighted by Crippen LogP contribution is -2.44. The van der Waals surface area contributed by atoms with Crippen LogP contribution in [-0.4, -0.2) is 46.5 Å². The number of aromatic nitrogens is 2. The summed E-state index contributed by atoms with van der Waals surface area (Å²) in [7, 11) is 0. The highest BCUT2D eigenvalue weighted by Crippen LogP contribution is 2.15. The van der Waals surface area contributed by atoms with Gasteiger partial charge in [-0.05, 0) is 45.7 Å². The van der Waals surface area contributed by atoms with E-state index in [1.165, 1.54) is 19.0 Å². The van der Waals surface area contributed by atoms with E-state index in [-0.39, 0.29) is 11.9 Å². The van der Waals surface area contributed by atoms with Crippen LogP contribution in [0.3, 0.4) is 0 Å². The predicted octanol–water partition coefficient (Wildman–Crippen LogP) is 1.33. The number of nitrogens with zero attached hydrogens (tertiary/aromatic N) is 3. The lowest BCUT2D eigenvalue weighted by molar-refractivity contribution is 0.0654. The van der Waals surface area contributed by atoms with Gasteiger partial charge in [-0.2, -0.15) is 0 Å². The molecule has 0 saturated carbocycles. The van der Waals surface area contributed by atoms with Crippen molar-refractivity contribution in [3.05, 3.63) is 24.3 Å². The normalized spacial score (nSPS) is 19.4. The van der Waals surface area contributed by atoms with E-state index in [0.29, 0.717) is 11.6 Å². The number of piperidine rings is 1. The quantitative estimate of drug-likeness (QED) is 0.889. The highest BCUT2D eigenvalue weighted by Gasteiger charge is 2.24. The molecule has 1 aliphatic heterocycles. The molecule has 1 saturated heterocycles. The van der Waals surface area contributed by atoms with Crippen LogP contribution in [0.15, 0.2) is 18.6 Å². The Bertz CT molecular complexity index is 401. The molecule has 19 heavy (non-hydrogen) atoms. The second kappa shape index (κ2) is 6.61. The Morgan fingerprint density at radius 3 is 2.95 bits per heavy atom. The second-order valence-corrected chi connectivity index (χ2v) is 5.35. The maximum atomic E-state index is 12.5. The second-order valence-electron chi connectivity index (χ2n) is 5.35. The summed E-state index contributed by atoms with van der Waals surface area (Å²) >= 11 is 0. The minimum Gasteiger partial charge on any atom is -0.335 e. The molecule has 1 unspecified atom stereocenters. The van der Waals surface area contributed by atoms with E-state index in [1.54, 1.807) is 12.4 Å². The summed E-state index contributed by atoms with van der Waals surface area (Å²) in [5, 5.41) is 3.39. The first kappa shape index (κ1) is 13.9. The molecular formula is C14H22N4O. The van der Waals surface area contributed by atoms with Gasteiger partial charge in [-0.3, -0.25) is 9.78 Å². The first-order valence-electron chi connectivity index (χ1n) is 6.96. The fourth-order valence-corrected chi connectivity index (χ4v) is 2.44. The molecule has 0 radical (unpaired) electrons. The van der Waals surface area contributed by atoms with Crippen LogP contribution in [0.1, 0.15) is 37.2 Å². The van der Waals surface area contributed by atoms with Gasteiger partial charge in [0.15, 0.2) is 0 Å². The summed E-state index contributed by atoms with van der Waals surface area (Å²) < 4.78 is 0. The number of amides is 1. The van der Waals surface area contributed by atoms with Gasteiger partial charge in [0.25, 0.3) is 5.91 Å². The van der Waals surface area contributed by atoms with Crippen molar-refractivity contribution in [3.63, 3.8) is 0 Å². The van der Waals surface area contributed by atoms with E-state index >= 15 is 0 Å². The van der Waals surface area contributed by atoms with Crippen molar-refractivity contribution in [3.8, 4) is 0 Å². The van der Waals surface area contributed by atoms with Crippen molar-refractivity contribution < 1.29 is 4.79 Å². The fourth-order valence-electron chi connectivity index (χ4n) is 2.44. The van der Waals surface area contributed by atoms with E-state index in [0.717, 1.165) is 19.6 Å². The van der Waals surface area contributed by atoms with Gasteiger partial charge in [0.05, 0.1) is 6.20 Å².